The van der Waals surface area contributed by atoms with Crippen molar-refractivity contribution in [1.29, 1.82) is 0 Å². The number of amides is 1. The number of anilines is 3. The second-order valence-electron chi connectivity index (χ2n) is 8.91. The Bertz CT molecular complexity index is 1730. The lowest BCUT2D eigenvalue weighted by atomic mass is 10.2. The highest BCUT2D eigenvalue weighted by molar-refractivity contribution is 7.93. The molecule has 1 amide bonds. The molecule has 0 atom stereocenters. The summed E-state index contributed by atoms with van der Waals surface area (Å²) in [5.41, 5.74) is 1.70. The molecule has 0 unspecified atom stereocenters. The first-order valence-corrected chi connectivity index (χ1v) is 15.2. The highest BCUT2D eigenvalue weighted by atomic mass is 32.2. The SMILES string of the molecule is COc1ccc(N(CC(=O)Nc2ccc(S(=O)(=O)Nc3ccccc3)cc2)S(=O)(=O)c2ccc(C)cc2)c(OC)c1. The van der Waals surface area contributed by atoms with Crippen LogP contribution in [0.15, 0.2) is 107 Å². The predicted octanol–water partition coefficient (Wildman–Crippen LogP) is 4.65. The summed E-state index contributed by atoms with van der Waals surface area (Å²) in [6.45, 7) is 1.25. The van der Waals surface area contributed by atoms with Crippen LogP contribution < -0.4 is 23.8 Å². The second-order valence-corrected chi connectivity index (χ2v) is 12.5. The van der Waals surface area contributed by atoms with Gasteiger partial charge >= 0.3 is 0 Å². The predicted molar refractivity (Wildman–Crippen MR) is 158 cm³/mol. The Morgan fingerprint density at radius 1 is 0.756 bits per heavy atom. The number of ether oxygens (including phenoxy) is 2. The Hall–Kier alpha value is -4.55. The fourth-order valence-corrected chi connectivity index (χ4v) is 6.39. The second kappa shape index (κ2) is 12.3. The number of hydrogen-bond donors (Lipinski definition) is 2. The topological polar surface area (TPSA) is 131 Å². The van der Waals surface area contributed by atoms with E-state index in [0.717, 1.165) is 9.87 Å². The van der Waals surface area contributed by atoms with Crippen LogP contribution in [0.2, 0.25) is 0 Å². The Labute approximate surface area is 239 Å². The van der Waals surface area contributed by atoms with Crippen molar-refractivity contribution in [3.8, 4) is 11.5 Å². The maximum atomic E-state index is 13.7. The van der Waals surface area contributed by atoms with Crippen molar-refractivity contribution in [2.24, 2.45) is 0 Å². The Morgan fingerprint density at radius 3 is 2.00 bits per heavy atom. The number of rotatable bonds is 11. The minimum absolute atomic E-state index is 0.00533. The number of benzene rings is 4. The van der Waals surface area contributed by atoms with Crippen LogP contribution in [0, 0.1) is 6.92 Å². The zero-order valence-corrected chi connectivity index (χ0v) is 24.2. The average molecular weight is 596 g/mol. The monoisotopic (exact) mass is 595 g/mol. The third-order valence-corrected chi connectivity index (χ3v) is 9.20. The molecule has 0 aliphatic heterocycles. The Kier molecular flexibility index (Phi) is 8.84. The van der Waals surface area contributed by atoms with Gasteiger partial charge in [-0.15, -0.1) is 0 Å². The van der Waals surface area contributed by atoms with Gasteiger partial charge in [0.05, 0.1) is 29.7 Å². The van der Waals surface area contributed by atoms with Crippen LogP contribution in [-0.4, -0.2) is 43.5 Å². The number of carbonyl (C=O) groups excluding carboxylic acids is 1. The molecule has 0 fully saturated rings. The van der Waals surface area contributed by atoms with Crippen molar-refractivity contribution in [3.05, 3.63) is 103 Å². The van der Waals surface area contributed by atoms with E-state index in [1.54, 1.807) is 48.5 Å². The molecule has 0 bridgehead atoms. The van der Waals surface area contributed by atoms with E-state index in [-0.39, 0.29) is 26.9 Å². The van der Waals surface area contributed by atoms with Crippen molar-refractivity contribution in [2.75, 3.05) is 35.1 Å². The largest absolute Gasteiger partial charge is 0.497 e. The van der Waals surface area contributed by atoms with Gasteiger partial charge in [-0.2, -0.15) is 0 Å². The molecule has 41 heavy (non-hydrogen) atoms. The van der Waals surface area contributed by atoms with E-state index in [9.17, 15) is 21.6 Å². The first-order chi connectivity index (χ1) is 19.5. The lowest BCUT2D eigenvalue weighted by Crippen LogP contribution is -2.38. The number of hydrogen-bond acceptors (Lipinski definition) is 7. The summed E-state index contributed by atoms with van der Waals surface area (Å²) < 4.78 is 67.0. The quantitative estimate of drug-likeness (QED) is 0.258. The number of para-hydroxylation sites is 1. The molecule has 10 nitrogen and oxygen atoms in total. The fourth-order valence-electron chi connectivity index (χ4n) is 3.90. The van der Waals surface area contributed by atoms with E-state index < -0.39 is 32.5 Å². The maximum Gasteiger partial charge on any atom is 0.264 e. The summed E-state index contributed by atoms with van der Waals surface area (Å²) >= 11 is 0. The van der Waals surface area contributed by atoms with Gasteiger partial charge in [0, 0.05) is 17.4 Å². The highest BCUT2D eigenvalue weighted by Crippen LogP contribution is 2.35. The molecule has 214 valence electrons. The highest BCUT2D eigenvalue weighted by Gasteiger charge is 2.30. The molecule has 0 saturated carbocycles. The molecule has 0 saturated heterocycles. The van der Waals surface area contributed by atoms with Crippen molar-refractivity contribution >= 4 is 43.0 Å². The molecule has 4 aromatic rings. The number of methoxy groups -OCH3 is 2. The molecule has 4 rings (SSSR count). The van der Waals surface area contributed by atoms with E-state index >= 15 is 0 Å². The molecule has 0 radical (unpaired) electrons. The summed E-state index contributed by atoms with van der Waals surface area (Å²) in [4.78, 5) is 13.1. The third kappa shape index (κ3) is 6.97. The van der Waals surface area contributed by atoms with Crippen LogP contribution in [0.3, 0.4) is 0 Å². The van der Waals surface area contributed by atoms with Crippen molar-refractivity contribution < 1.29 is 31.1 Å². The van der Waals surface area contributed by atoms with E-state index in [1.807, 2.05) is 6.92 Å². The normalized spacial score (nSPS) is 11.4. The molecule has 0 aliphatic carbocycles. The van der Waals surface area contributed by atoms with Gasteiger partial charge in [0.1, 0.15) is 18.0 Å². The van der Waals surface area contributed by atoms with Gasteiger partial charge in [-0.25, -0.2) is 16.8 Å². The van der Waals surface area contributed by atoms with Crippen LogP contribution in [-0.2, 0) is 24.8 Å². The number of aryl methyl sites for hydroxylation is 1. The van der Waals surface area contributed by atoms with E-state index in [1.165, 1.54) is 62.8 Å². The maximum absolute atomic E-state index is 13.7. The number of nitrogens with zero attached hydrogens (tertiary/aromatic N) is 1. The molecule has 4 aromatic carbocycles. The smallest absolute Gasteiger partial charge is 0.264 e. The summed E-state index contributed by atoms with van der Waals surface area (Å²) in [6, 6.07) is 24.8. The minimum Gasteiger partial charge on any atom is -0.497 e. The molecule has 0 aliphatic rings. The van der Waals surface area contributed by atoms with E-state index in [2.05, 4.69) is 10.0 Å². The van der Waals surface area contributed by atoms with Gasteiger partial charge in [0.2, 0.25) is 5.91 Å². The fraction of sp³-hybridized carbons (Fsp3) is 0.138. The van der Waals surface area contributed by atoms with Crippen LogP contribution in [0.25, 0.3) is 0 Å². The summed E-state index contributed by atoms with van der Waals surface area (Å²) in [5.74, 6) is -0.0237. The number of nitrogens with one attached hydrogen (secondary N) is 2. The molecular weight excluding hydrogens is 566 g/mol. The Balaban J connectivity index is 1.59. The van der Waals surface area contributed by atoms with Crippen molar-refractivity contribution in [3.63, 3.8) is 0 Å². The standard InChI is InChI=1S/C29H29N3O7S2/c1-21-9-14-26(15-10-21)41(36,37)32(27-18-13-24(38-2)19-28(27)39-3)20-29(33)30-22-11-16-25(17-12-22)40(34,35)31-23-7-5-4-6-8-23/h4-19,31H,20H2,1-3H3,(H,30,33). The first kappa shape index (κ1) is 29.4. The molecule has 0 spiro atoms. The van der Waals surface area contributed by atoms with Gasteiger partial charge in [-0.3, -0.25) is 13.8 Å². The van der Waals surface area contributed by atoms with Crippen LogP contribution in [0.1, 0.15) is 5.56 Å². The van der Waals surface area contributed by atoms with E-state index in [0.29, 0.717) is 11.4 Å². The van der Waals surface area contributed by atoms with Crippen LogP contribution in [0.5, 0.6) is 11.5 Å². The molecule has 12 heteroatoms. The molecular formula is C29H29N3O7S2. The van der Waals surface area contributed by atoms with Gasteiger partial charge in [-0.1, -0.05) is 35.9 Å². The van der Waals surface area contributed by atoms with Gasteiger partial charge in [-0.05, 0) is 67.6 Å². The number of sulfonamides is 2. The lowest BCUT2D eigenvalue weighted by molar-refractivity contribution is -0.114. The van der Waals surface area contributed by atoms with Crippen molar-refractivity contribution in [2.45, 2.75) is 16.7 Å². The summed E-state index contributed by atoms with van der Waals surface area (Å²) in [5, 5.41) is 2.64. The summed E-state index contributed by atoms with van der Waals surface area (Å²) in [6.07, 6.45) is 0. The Morgan fingerprint density at radius 2 is 1.39 bits per heavy atom. The zero-order valence-electron chi connectivity index (χ0n) is 22.6. The van der Waals surface area contributed by atoms with Crippen LogP contribution >= 0.6 is 0 Å². The van der Waals surface area contributed by atoms with E-state index in [4.69, 9.17) is 9.47 Å². The molecule has 2 N–H and O–H groups in total. The van der Waals surface area contributed by atoms with Gasteiger partial charge in [0.25, 0.3) is 20.0 Å². The van der Waals surface area contributed by atoms with Gasteiger partial charge in [0.15, 0.2) is 0 Å². The average Bonchev–Trinajstić information content (AvgIpc) is 2.96. The van der Waals surface area contributed by atoms with Crippen molar-refractivity contribution in [1.82, 2.24) is 0 Å². The summed E-state index contributed by atoms with van der Waals surface area (Å²) in [7, 11) is -5.20. The zero-order chi connectivity index (χ0) is 29.6. The van der Waals surface area contributed by atoms with Crippen LogP contribution in [0.4, 0.5) is 17.1 Å². The molecule has 0 heterocycles. The number of carbonyl (C=O) groups is 1. The molecule has 0 aromatic heterocycles. The van der Waals surface area contributed by atoms with Gasteiger partial charge < -0.3 is 14.8 Å². The lowest BCUT2D eigenvalue weighted by Gasteiger charge is -2.26. The minimum atomic E-state index is -4.20. The third-order valence-electron chi connectivity index (χ3n) is 6.03. The first-order valence-electron chi connectivity index (χ1n) is 12.3.